The summed E-state index contributed by atoms with van der Waals surface area (Å²) in [5, 5.41) is 0. The molecule has 0 spiro atoms. The summed E-state index contributed by atoms with van der Waals surface area (Å²) < 4.78 is 26.7. The first-order valence-corrected chi connectivity index (χ1v) is 6.33. The lowest BCUT2D eigenvalue weighted by Crippen LogP contribution is -2.32. The van der Waals surface area contributed by atoms with Gasteiger partial charge in [0, 0.05) is 5.92 Å². The number of carbonyl (C=O) groups is 1. The fraction of sp³-hybridized carbons (Fsp3) is 0.500. The van der Waals surface area contributed by atoms with Crippen molar-refractivity contribution in [3.8, 4) is 0 Å². The Kier molecular flexibility index (Phi) is 4.07. The van der Waals surface area contributed by atoms with Crippen LogP contribution in [0, 0.1) is 23.5 Å². The molecule has 98 valence electrons. The highest BCUT2D eigenvalue weighted by Gasteiger charge is 2.32. The molecule has 2 N–H and O–H groups in total. The van der Waals surface area contributed by atoms with E-state index in [1.165, 1.54) is 12.1 Å². The Balaban J connectivity index is 2.27. The van der Waals surface area contributed by atoms with E-state index in [2.05, 4.69) is 0 Å². The number of halogens is 2. The average Bonchev–Trinajstić information content (AvgIpc) is 2.41. The highest BCUT2D eigenvalue weighted by molar-refractivity contribution is 5.98. The minimum Gasteiger partial charge on any atom is -0.330 e. The van der Waals surface area contributed by atoms with Crippen molar-refractivity contribution in [2.24, 2.45) is 17.6 Å². The second-order valence-corrected chi connectivity index (χ2v) is 4.85. The molecule has 2 nitrogen and oxygen atoms in total. The summed E-state index contributed by atoms with van der Waals surface area (Å²) in [6.45, 7) is 0.424. The van der Waals surface area contributed by atoms with Crippen molar-refractivity contribution >= 4 is 5.78 Å². The van der Waals surface area contributed by atoms with Crippen LogP contribution in [-0.2, 0) is 0 Å². The van der Waals surface area contributed by atoms with Crippen LogP contribution in [-0.4, -0.2) is 12.3 Å². The zero-order valence-electron chi connectivity index (χ0n) is 10.2. The van der Waals surface area contributed by atoms with Gasteiger partial charge in [0.15, 0.2) is 17.4 Å². The summed E-state index contributed by atoms with van der Waals surface area (Å²) in [5.74, 6) is -2.49. The van der Waals surface area contributed by atoms with Gasteiger partial charge in [-0.3, -0.25) is 4.79 Å². The number of ketones is 1. The van der Waals surface area contributed by atoms with Gasteiger partial charge in [-0.25, -0.2) is 8.78 Å². The van der Waals surface area contributed by atoms with Crippen molar-refractivity contribution in [1.29, 1.82) is 0 Å². The highest BCUT2D eigenvalue weighted by Crippen LogP contribution is 2.32. The molecule has 0 amide bonds. The Labute approximate surface area is 105 Å². The van der Waals surface area contributed by atoms with Crippen LogP contribution in [0.15, 0.2) is 18.2 Å². The van der Waals surface area contributed by atoms with Crippen molar-refractivity contribution in [2.75, 3.05) is 6.54 Å². The van der Waals surface area contributed by atoms with Crippen LogP contribution >= 0.6 is 0 Å². The Morgan fingerprint density at radius 1 is 1.28 bits per heavy atom. The van der Waals surface area contributed by atoms with Crippen molar-refractivity contribution in [2.45, 2.75) is 25.7 Å². The van der Waals surface area contributed by atoms with Gasteiger partial charge in [-0.15, -0.1) is 0 Å². The van der Waals surface area contributed by atoms with Gasteiger partial charge in [-0.2, -0.15) is 0 Å². The van der Waals surface area contributed by atoms with Gasteiger partial charge in [-0.1, -0.05) is 18.9 Å². The van der Waals surface area contributed by atoms with Crippen LogP contribution in [0.1, 0.15) is 36.0 Å². The third-order valence-electron chi connectivity index (χ3n) is 3.77. The lowest BCUT2D eigenvalue weighted by Gasteiger charge is -2.29. The van der Waals surface area contributed by atoms with Gasteiger partial charge < -0.3 is 5.73 Å². The van der Waals surface area contributed by atoms with Crippen molar-refractivity contribution in [1.82, 2.24) is 0 Å². The molecule has 4 heteroatoms. The minimum absolute atomic E-state index is 0.0916. The molecule has 2 atom stereocenters. The van der Waals surface area contributed by atoms with E-state index in [1.807, 2.05) is 0 Å². The molecule has 0 saturated heterocycles. The summed E-state index contributed by atoms with van der Waals surface area (Å²) in [7, 11) is 0. The second-order valence-electron chi connectivity index (χ2n) is 4.85. The summed E-state index contributed by atoms with van der Waals surface area (Å²) in [6.07, 6.45) is 3.61. The Hall–Kier alpha value is -1.29. The maximum Gasteiger partial charge on any atom is 0.169 e. The zero-order chi connectivity index (χ0) is 13.1. The number of benzene rings is 1. The maximum absolute atomic E-state index is 13.6. The number of carbonyl (C=O) groups excluding carboxylic acids is 1. The van der Waals surface area contributed by atoms with Crippen LogP contribution in [0.4, 0.5) is 8.78 Å². The fourth-order valence-corrected chi connectivity index (χ4v) is 2.73. The monoisotopic (exact) mass is 253 g/mol. The average molecular weight is 253 g/mol. The number of hydrogen-bond donors (Lipinski definition) is 1. The SMILES string of the molecule is NCC1CCCCC1C(=O)c1cccc(F)c1F. The predicted octanol–water partition coefficient (Wildman–Crippen LogP) is 2.91. The molecular formula is C14H17F2NO. The predicted molar refractivity (Wildman–Crippen MR) is 65.2 cm³/mol. The van der Waals surface area contributed by atoms with Crippen LogP contribution in [0.25, 0.3) is 0 Å². The molecule has 1 aliphatic carbocycles. The van der Waals surface area contributed by atoms with E-state index >= 15 is 0 Å². The molecule has 1 fully saturated rings. The van der Waals surface area contributed by atoms with Crippen molar-refractivity contribution in [3.63, 3.8) is 0 Å². The van der Waals surface area contributed by atoms with Gasteiger partial charge >= 0.3 is 0 Å². The summed E-state index contributed by atoms with van der Waals surface area (Å²) >= 11 is 0. The van der Waals surface area contributed by atoms with Crippen LogP contribution in [0.3, 0.4) is 0 Å². The Morgan fingerprint density at radius 3 is 2.72 bits per heavy atom. The first kappa shape index (κ1) is 13.1. The summed E-state index contributed by atoms with van der Waals surface area (Å²) in [5.41, 5.74) is 5.52. The molecule has 2 unspecified atom stereocenters. The smallest absolute Gasteiger partial charge is 0.169 e. The topological polar surface area (TPSA) is 43.1 Å². The van der Waals surface area contributed by atoms with Gasteiger partial charge in [0.2, 0.25) is 0 Å². The molecule has 2 rings (SSSR count). The minimum atomic E-state index is -1.04. The van der Waals surface area contributed by atoms with E-state index in [-0.39, 0.29) is 23.2 Å². The van der Waals surface area contributed by atoms with E-state index in [9.17, 15) is 13.6 Å². The molecule has 0 radical (unpaired) electrons. The molecule has 0 heterocycles. The van der Waals surface area contributed by atoms with E-state index < -0.39 is 11.6 Å². The molecule has 0 bridgehead atoms. The van der Waals surface area contributed by atoms with Crippen molar-refractivity contribution < 1.29 is 13.6 Å². The van der Waals surface area contributed by atoms with Crippen LogP contribution < -0.4 is 5.73 Å². The second kappa shape index (κ2) is 5.57. The standard InChI is InChI=1S/C14H17F2NO/c15-12-7-3-6-11(13(12)16)14(18)10-5-2-1-4-9(10)8-17/h3,6-7,9-10H,1-2,4-5,8,17H2. The van der Waals surface area contributed by atoms with E-state index in [0.29, 0.717) is 6.54 Å². The van der Waals surface area contributed by atoms with Crippen molar-refractivity contribution in [3.05, 3.63) is 35.4 Å². The van der Waals surface area contributed by atoms with E-state index in [4.69, 9.17) is 5.73 Å². The normalized spacial score (nSPS) is 23.9. The lowest BCUT2D eigenvalue weighted by molar-refractivity contribution is 0.0824. The highest BCUT2D eigenvalue weighted by atomic mass is 19.2. The third-order valence-corrected chi connectivity index (χ3v) is 3.77. The fourth-order valence-electron chi connectivity index (χ4n) is 2.73. The Morgan fingerprint density at radius 2 is 2.00 bits per heavy atom. The third kappa shape index (κ3) is 2.43. The van der Waals surface area contributed by atoms with Gasteiger partial charge in [0.1, 0.15) is 0 Å². The van der Waals surface area contributed by atoms with Crippen LogP contribution in [0.5, 0.6) is 0 Å². The quantitative estimate of drug-likeness (QED) is 0.842. The molecule has 1 aliphatic rings. The van der Waals surface area contributed by atoms with Crippen LogP contribution in [0.2, 0.25) is 0 Å². The maximum atomic E-state index is 13.6. The lowest BCUT2D eigenvalue weighted by atomic mass is 9.75. The number of rotatable bonds is 3. The van der Waals surface area contributed by atoms with Gasteiger partial charge in [0.05, 0.1) is 5.56 Å². The van der Waals surface area contributed by atoms with Gasteiger partial charge in [0.25, 0.3) is 0 Å². The summed E-state index contributed by atoms with van der Waals surface area (Å²) in [6, 6.07) is 3.74. The molecule has 0 aliphatic heterocycles. The zero-order valence-corrected chi connectivity index (χ0v) is 10.2. The largest absolute Gasteiger partial charge is 0.330 e. The molecule has 1 aromatic rings. The first-order valence-electron chi connectivity index (χ1n) is 6.33. The Bertz CT molecular complexity index is 447. The van der Waals surface area contributed by atoms with E-state index in [1.54, 1.807) is 0 Å². The number of Topliss-reactive ketones (excluding diaryl/α,β-unsaturated/α-hetero) is 1. The molecular weight excluding hydrogens is 236 g/mol. The van der Waals surface area contributed by atoms with Gasteiger partial charge in [-0.05, 0) is 37.4 Å². The molecule has 1 aromatic carbocycles. The number of hydrogen-bond acceptors (Lipinski definition) is 2. The molecule has 18 heavy (non-hydrogen) atoms. The number of nitrogens with two attached hydrogens (primary N) is 1. The summed E-state index contributed by atoms with van der Waals surface area (Å²) in [4.78, 5) is 12.3. The molecule has 1 saturated carbocycles. The van der Waals surface area contributed by atoms with E-state index in [0.717, 1.165) is 31.7 Å². The molecule has 0 aromatic heterocycles. The first-order chi connectivity index (χ1) is 8.65.